The molecule has 0 radical (unpaired) electrons. The fourth-order valence-corrected chi connectivity index (χ4v) is 5.84. The lowest BCUT2D eigenvalue weighted by Gasteiger charge is -2.33. The maximum absolute atomic E-state index is 12.9. The normalized spacial score (nSPS) is 15.8. The Kier molecular flexibility index (Phi) is 12.3. The van der Waals surface area contributed by atoms with Crippen LogP contribution in [-0.2, 0) is 35.6 Å². The topological polar surface area (TPSA) is 106 Å². The number of nitrogens with zero attached hydrogens (tertiary/aromatic N) is 1. The Labute approximate surface area is 234 Å². The summed E-state index contributed by atoms with van der Waals surface area (Å²) < 4.78 is 44.6. The maximum Gasteiger partial charge on any atom is 0.240 e. The summed E-state index contributed by atoms with van der Waals surface area (Å²) in [5, 5.41) is 3.82. The third kappa shape index (κ3) is 9.46. The smallest absolute Gasteiger partial charge is 0.240 e. The van der Waals surface area contributed by atoms with Crippen LogP contribution in [0.25, 0.3) is 0 Å². The zero-order valence-electron chi connectivity index (χ0n) is 21.7. The SMILES string of the molecule is CC(=O)NCCOCCOCCOCCNS(=O)(=O)c1cccc(C2CN(C)Cc3c(Cl)cc(Cl)cc32)c1. The second-order valence-electron chi connectivity index (χ2n) is 9.00. The van der Waals surface area contributed by atoms with Crippen molar-refractivity contribution >= 4 is 39.1 Å². The summed E-state index contributed by atoms with van der Waals surface area (Å²) in [6.45, 7) is 5.66. The maximum atomic E-state index is 12.9. The monoisotopic (exact) mass is 587 g/mol. The molecule has 1 unspecified atom stereocenters. The zero-order chi connectivity index (χ0) is 27.5. The lowest BCUT2D eigenvalue weighted by Crippen LogP contribution is -2.31. The van der Waals surface area contributed by atoms with Crippen LogP contribution < -0.4 is 10.0 Å². The Bertz CT molecular complexity index is 1180. The van der Waals surface area contributed by atoms with Crippen LogP contribution >= 0.6 is 23.2 Å². The summed E-state index contributed by atoms with van der Waals surface area (Å²) in [6, 6.07) is 10.6. The Morgan fingerprint density at radius 3 is 2.34 bits per heavy atom. The van der Waals surface area contributed by atoms with E-state index in [2.05, 4.69) is 14.9 Å². The van der Waals surface area contributed by atoms with Crippen molar-refractivity contribution in [3.8, 4) is 0 Å². The Morgan fingerprint density at radius 2 is 1.66 bits per heavy atom. The van der Waals surface area contributed by atoms with Gasteiger partial charge in [-0.3, -0.25) is 4.79 Å². The van der Waals surface area contributed by atoms with Crippen LogP contribution in [0.2, 0.25) is 10.0 Å². The van der Waals surface area contributed by atoms with Gasteiger partial charge in [0.2, 0.25) is 15.9 Å². The highest BCUT2D eigenvalue weighted by atomic mass is 35.5. The fourth-order valence-electron chi connectivity index (χ4n) is 4.20. The fraction of sp³-hybridized carbons (Fsp3) is 0.500. The third-order valence-corrected chi connectivity index (χ3v) is 7.98. The number of sulfonamides is 1. The van der Waals surface area contributed by atoms with Crippen LogP contribution in [-0.4, -0.2) is 85.5 Å². The molecule has 0 saturated carbocycles. The lowest BCUT2D eigenvalue weighted by atomic mass is 9.85. The Balaban J connectivity index is 1.43. The molecule has 0 aromatic heterocycles. The van der Waals surface area contributed by atoms with Gasteiger partial charge in [0.1, 0.15) is 0 Å². The molecule has 38 heavy (non-hydrogen) atoms. The summed E-state index contributed by atoms with van der Waals surface area (Å²) in [5.41, 5.74) is 2.92. The standard InChI is InChI=1S/C26H35Cl2N3O6S/c1-19(32)29-6-8-35-10-12-37-13-11-36-9-7-30-38(33,34)22-5-3-4-20(14-22)24-17-31(2)18-25-23(24)15-21(27)16-26(25)28/h3-5,14-16,24,30H,6-13,17-18H2,1-2H3,(H,29,32). The summed E-state index contributed by atoms with van der Waals surface area (Å²) in [6.07, 6.45) is 0. The quantitative estimate of drug-likeness (QED) is 0.308. The van der Waals surface area contributed by atoms with Crippen LogP contribution in [0.5, 0.6) is 0 Å². The first-order valence-corrected chi connectivity index (χ1v) is 14.6. The van der Waals surface area contributed by atoms with Gasteiger partial charge in [0, 0.05) is 49.1 Å². The van der Waals surface area contributed by atoms with Crippen molar-refractivity contribution in [1.82, 2.24) is 14.9 Å². The highest BCUT2D eigenvalue weighted by Crippen LogP contribution is 2.38. The first kappa shape index (κ1) is 30.8. The van der Waals surface area contributed by atoms with Crippen molar-refractivity contribution in [3.63, 3.8) is 0 Å². The van der Waals surface area contributed by atoms with Gasteiger partial charge >= 0.3 is 0 Å². The van der Waals surface area contributed by atoms with Crippen molar-refractivity contribution in [2.24, 2.45) is 0 Å². The molecule has 2 aromatic carbocycles. The number of carbonyl (C=O) groups is 1. The summed E-state index contributed by atoms with van der Waals surface area (Å²) in [7, 11) is -1.70. The number of benzene rings is 2. The van der Waals surface area contributed by atoms with E-state index in [1.807, 2.05) is 19.2 Å². The number of fused-ring (bicyclic) bond motifs is 1. The van der Waals surface area contributed by atoms with Crippen molar-refractivity contribution in [2.75, 3.05) is 66.3 Å². The van der Waals surface area contributed by atoms with Crippen molar-refractivity contribution in [1.29, 1.82) is 0 Å². The molecular weight excluding hydrogens is 553 g/mol. The molecule has 210 valence electrons. The molecular formula is C26H35Cl2N3O6S. The van der Waals surface area contributed by atoms with E-state index < -0.39 is 10.0 Å². The minimum absolute atomic E-state index is 0.0546. The van der Waals surface area contributed by atoms with E-state index in [1.54, 1.807) is 24.3 Å². The van der Waals surface area contributed by atoms with E-state index >= 15 is 0 Å². The van der Waals surface area contributed by atoms with Crippen molar-refractivity contribution < 1.29 is 27.4 Å². The van der Waals surface area contributed by atoms with Gasteiger partial charge in [-0.15, -0.1) is 0 Å². The summed E-state index contributed by atoms with van der Waals surface area (Å²) in [4.78, 5) is 13.1. The number of halogens is 2. The Hall–Kier alpha value is -1.76. The predicted octanol–water partition coefficient (Wildman–Crippen LogP) is 3.03. The first-order chi connectivity index (χ1) is 18.2. The molecule has 2 aromatic rings. The van der Waals surface area contributed by atoms with Crippen LogP contribution in [0.4, 0.5) is 0 Å². The number of rotatable bonds is 15. The Morgan fingerprint density at radius 1 is 1.00 bits per heavy atom. The van der Waals surface area contributed by atoms with Gasteiger partial charge in [0.25, 0.3) is 0 Å². The van der Waals surface area contributed by atoms with Gasteiger partial charge < -0.3 is 24.4 Å². The van der Waals surface area contributed by atoms with Gasteiger partial charge in [0.05, 0.1) is 44.5 Å². The number of hydrogen-bond acceptors (Lipinski definition) is 7. The second-order valence-corrected chi connectivity index (χ2v) is 11.6. The van der Waals surface area contributed by atoms with Gasteiger partial charge in [-0.05, 0) is 48.0 Å². The largest absolute Gasteiger partial charge is 0.378 e. The summed E-state index contributed by atoms with van der Waals surface area (Å²) >= 11 is 12.8. The molecule has 0 spiro atoms. The average Bonchev–Trinajstić information content (AvgIpc) is 2.87. The summed E-state index contributed by atoms with van der Waals surface area (Å²) in [5.74, 6) is -0.144. The van der Waals surface area contributed by atoms with Crippen molar-refractivity contribution in [3.05, 3.63) is 63.1 Å². The zero-order valence-corrected chi connectivity index (χ0v) is 24.0. The minimum Gasteiger partial charge on any atom is -0.378 e. The number of hydrogen-bond donors (Lipinski definition) is 2. The molecule has 9 nitrogen and oxygen atoms in total. The number of nitrogens with one attached hydrogen (secondary N) is 2. The molecule has 12 heteroatoms. The molecule has 0 saturated heterocycles. The highest BCUT2D eigenvalue weighted by molar-refractivity contribution is 7.89. The van der Waals surface area contributed by atoms with E-state index in [0.717, 1.165) is 23.2 Å². The van der Waals surface area contributed by atoms with Gasteiger partial charge in [-0.2, -0.15) is 0 Å². The van der Waals surface area contributed by atoms with E-state index in [-0.39, 0.29) is 29.9 Å². The van der Waals surface area contributed by atoms with Crippen molar-refractivity contribution in [2.45, 2.75) is 24.3 Å². The number of ether oxygens (including phenoxy) is 3. The molecule has 1 atom stereocenters. The average molecular weight is 589 g/mol. The van der Waals surface area contributed by atoms with Gasteiger partial charge in [-0.25, -0.2) is 13.1 Å². The van der Waals surface area contributed by atoms with E-state index in [0.29, 0.717) is 56.2 Å². The first-order valence-electron chi connectivity index (χ1n) is 12.4. The molecule has 1 aliphatic rings. The van der Waals surface area contributed by atoms with E-state index in [1.165, 1.54) is 6.92 Å². The van der Waals surface area contributed by atoms with Crippen LogP contribution in [0.15, 0.2) is 41.3 Å². The molecule has 0 aliphatic carbocycles. The predicted molar refractivity (Wildman–Crippen MR) is 147 cm³/mol. The molecule has 2 N–H and O–H groups in total. The number of amides is 1. The number of likely N-dealkylation sites (N-methyl/N-ethyl adjacent to an activating group) is 1. The number of carbonyl (C=O) groups excluding carboxylic acids is 1. The molecule has 1 amide bonds. The third-order valence-electron chi connectivity index (χ3n) is 5.97. The second kappa shape index (κ2) is 15.1. The molecule has 0 fully saturated rings. The lowest BCUT2D eigenvalue weighted by molar-refractivity contribution is -0.119. The van der Waals surface area contributed by atoms with Crippen LogP contribution in [0.1, 0.15) is 29.5 Å². The van der Waals surface area contributed by atoms with Gasteiger partial charge in [0.15, 0.2) is 0 Å². The minimum atomic E-state index is -3.72. The molecule has 0 bridgehead atoms. The van der Waals surface area contributed by atoms with Gasteiger partial charge in [-0.1, -0.05) is 35.3 Å². The molecule has 1 aliphatic heterocycles. The van der Waals surface area contributed by atoms with E-state index in [9.17, 15) is 13.2 Å². The van der Waals surface area contributed by atoms with Crippen LogP contribution in [0.3, 0.4) is 0 Å². The van der Waals surface area contributed by atoms with Crippen LogP contribution in [0, 0.1) is 0 Å². The molecule has 3 rings (SSSR count). The molecule has 1 heterocycles. The van der Waals surface area contributed by atoms with E-state index in [4.69, 9.17) is 37.4 Å². The highest BCUT2D eigenvalue weighted by Gasteiger charge is 2.28.